The number of hydrogen-bond acceptors (Lipinski definition) is 6. The minimum absolute atomic E-state index is 0.0737. The summed E-state index contributed by atoms with van der Waals surface area (Å²) in [6.45, 7) is 2.02. The molecule has 152 valence electrons. The average molecular weight is 423 g/mol. The van der Waals surface area contributed by atoms with E-state index >= 15 is 0 Å². The summed E-state index contributed by atoms with van der Waals surface area (Å²) in [4.78, 5) is 12.1. The lowest BCUT2D eigenvalue weighted by molar-refractivity contribution is -0.113. The first kappa shape index (κ1) is 19.6. The Morgan fingerprint density at radius 1 is 1.17 bits per heavy atom. The number of nitrogens with zero attached hydrogens (tertiary/aromatic N) is 4. The molecule has 2 aromatic carbocycles. The van der Waals surface area contributed by atoms with E-state index in [0.717, 1.165) is 23.0 Å². The molecule has 2 aromatic heterocycles. The largest absolute Gasteiger partial charge is 0.335 e. The number of benzene rings is 2. The molecule has 10 heteroatoms. The molecular formula is C20H18FN7OS. The third kappa shape index (κ3) is 4.33. The molecule has 30 heavy (non-hydrogen) atoms. The zero-order valence-corrected chi connectivity index (χ0v) is 16.8. The summed E-state index contributed by atoms with van der Waals surface area (Å²) in [5, 5.41) is 18.4. The molecule has 0 aliphatic rings. The molecule has 0 saturated carbocycles. The minimum atomic E-state index is -0.365. The van der Waals surface area contributed by atoms with E-state index < -0.39 is 0 Å². The number of halogens is 1. The number of aromatic amines is 1. The first-order chi connectivity index (χ1) is 14.5. The monoisotopic (exact) mass is 423 g/mol. The predicted molar refractivity (Wildman–Crippen MR) is 114 cm³/mol. The summed E-state index contributed by atoms with van der Waals surface area (Å²) in [5.74, 6) is 5.96. The van der Waals surface area contributed by atoms with Gasteiger partial charge in [-0.15, -0.1) is 10.2 Å². The molecule has 0 fully saturated rings. The van der Waals surface area contributed by atoms with E-state index in [0.29, 0.717) is 22.4 Å². The van der Waals surface area contributed by atoms with Crippen LogP contribution in [-0.4, -0.2) is 36.7 Å². The van der Waals surface area contributed by atoms with Crippen molar-refractivity contribution < 1.29 is 9.18 Å². The van der Waals surface area contributed by atoms with Gasteiger partial charge in [0.25, 0.3) is 0 Å². The van der Waals surface area contributed by atoms with E-state index in [1.165, 1.54) is 34.5 Å². The fraction of sp³-hybridized carbons (Fsp3) is 0.100. The smallest absolute Gasteiger partial charge is 0.234 e. The second kappa shape index (κ2) is 8.37. The molecule has 0 aliphatic heterocycles. The lowest BCUT2D eigenvalue weighted by Crippen LogP contribution is -2.16. The van der Waals surface area contributed by atoms with E-state index in [2.05, 4.69) is 25.7 Å². The van der Waals surface area contributed by atoms with Crippen molar-refractivity contribution in [3.05, 3.63) is 66.0 Å². The number of aryl methyl sites for hydroxylation is 1. The summed E-state index contributed by atoms with van der Waals surface area (Å²) in [6.07, 6.45) is 0. The van der Waals surface area contributed by atoms with E-state index in [1.807, 2.05) is 37.3 Å². The molecule has 8 nitrogen and oxygen atoms in total. The fourth-order valence-electron chi connectivity index (χ4n) is 2.73. The van der Waals surface area contributed by atoms with Crippen molar-refractivity contribution in [2.45, 2.75) is 12.1 Å². The summed E-state index contributed by atoms with van der Waals surface area (Å²) in [7, 11) is 0. The van der Waals surface area contributed by atoms with E-state index in [-0.39, 0.29) is 17.5 Å². The minimum Gasteiger partial charge on any atom is -0.335 e. The van der Waals surface area contributed by atoms with Crippen molar-refractivity contribution in [3.63, 3.8) is 0 Å². The first-order valence-electron chi connectivity index (χ1n) is 9.01. The second-order valence-electron chi connectivity index (χ2n) is 6.55. The van der Waals surface area contributed by atoms with Crippen molar-refractivity contribution in [1.29, 1.82) is 0 Å². The van der Waals surface area contributed by atoms with Gasteiger partial charge in [-0.25, -0.2) is 9.07 Å². The number of H-pyrrole nitrogens is 1. The Morgan fingerprint density at radius 3 is 2.63 bits per heavy atom. The molecule has 0 atom stereocenters. The topological polar surface area (TPSA) is 115 Å². The van der Waals surface area contributed by atoms with E-state index in [1.54, 1.807) is 0 Å². The van der Waals surface area contributed by atoms with Gasteiger partial charge in [-0.3, -0.25) is 9.89 Å². The van der Waals surface area contributed by atoms with Gasteiger partial charge in [0.15, 0.2) is 0 Å². The Labute approximate surface area is 175 Å². The van der Waals surface area contributed by atoms with Crippen LogP contribution < -0.4 is 11.2 Å². The highest BCUT2D eigenvalue weighted by atomic mass is 32.2. The van der Waals surface area contributed by atoms with Crippen LogP contribution in [-0.2, 0) is 4.79 Å². The first-order valence-corrected chi connectivity index (χ1v) is 9.99. The lowest BCUT2D eigenvalue weighted by atomic mass is 10.1. The number of hydrogen-bond donors (Lipinski definition) is 3. The predicted octanol–water partition coefficient (Wildman–Crippen LogP) is 3.23. The summed E-state index contributed by atoms with van der Waals surface area (Å²) >= 11 is 1.14. The number of amides is 1. The molecule has 1 amide bonds. The maximum absolute atomic E-state index is 12.9. The van der Waals surface area contributed by atoms with Crippen LogP contribution in [0.25, 0.3) is 22.8 Å². The van der Waals surface area contributed by atoms with Crippen molar-refractivity contribution in [2.75, 3.05) is 16.9 Å². The molecule has 0 radical (unpaired) electrons. The van der Waals surface area contributed by atoms with Crippen LogP contribution in [0.15, 0.2) is 59.8 Å². The number of aromatic nitrogens is 5. The Bertz CT molecular complexity index is 1170. The number of anilines is 1. The van der Waals surface area contributed by atoms with Crippen LogP contribution in [0, 0.1) is 12.7 Å². The van der Waals surface area contributed by atoms with Crippen LogP contribution in [0.2, 0.25) is 0 Å². The van der Waals surface area contributed by atoms with Gasteiger partial charge in [0, 0.05) is 11.3 Å². The number of nitrogen functional groups attached to an aromatic ring is 1. The molecule has 0 unspecified atom stereocenters. The third-order valence-electron chi connectivity index (χ3n) is 4.29. The maximum atomic E-state index is 12.9. The Hall–Kier alpha value is -3.66. The van der Waals surface area contributed by atoms with Gasteiger partial charge in [0.05, 0.1) is 11.4 Å². The van der Waals surface area contributed by atoms with Crippen molar-refractivity contribution in [2.24, 2.45) is 0 Å². The van der Waals surface area contributed by atoms with Gasteiger partial charge in [0.1, 0.15) is 11.5 Å². The second-order valence-corrected chi connectivity index (χ2v) is 7.50. The highest BCUT2D eigenvalue weighted by Crippen LogP contribution is 2.25. The van der Waals surface area contributed by atoms with E-state index in [9.17, 15) is 9.18 Å². The van der Waals surface area contributed by atoms with E-state index in [4.69, 9.17) is 5.84 Å². The highest BCUT2D eigenvalue weighted by Gasteiger charge is 2.16. The van der Waals surface area contributed by atoms with Crippen LogP contribution >= 0.6 is 11.8 Å². The zero-order valence-electron chi connectivity index (χ0n) is 16.0. The zero-order chi connectivity index (χ0) is 21.1. The maximum Gasteiger partial charge on any atom is 0.234 e. The van der Waals surface area contributed by atoms with Gasteiger partial charge >= 0.3 is 0 Å². The van der Waals surface area contributed by atoms with Crippen LogP contribution in [0.5, 0.6) is 0 Å². The number of nitrogens with one attached hydrogen (secondary N) is 2. The summed E-state index contributed by atoms with van der Waals surface area (Å²) in [5.41, 5.74) is 4.03. The number of carbonyl (C=O) groups is 1. The number of carbonyl (C=O) groups excluding carboxylic acids is 1. The molecule has 4 N–H and O–H groups in total. The van der Waals surface area contributed by atoms with Gasteiger partial charge in [0.2, 0.25) is 16.9 Å². The van der Waals surface area contributed by atoms with Crippen molar-refractivity contribution in [1.82, 2.24) is 25.1 Å². The van der Waals surface area contributed by atoms with Crippen LogP contribution in [0.3, 0.4) is 0 Å². The number of thioether (sulfide) groups is 1. The Balaban J connectivity index is 1.42. The normalized spacial score (nSPS) is 10.9. The molecule has 0 saturated heterocycles. The Kier molecular flexibility index (Phi) is 5.48. The van der Waals surface area contributed by atoms with Crippen molar-refractivity contribution >= 4 is 23.4 Å². The van der Waals surface area contributed by atoms with Crippen LogP contribution in [0.1, 0.15) is 5.56 Å². The molecule has 4 aromatic rings. The molecule has 0 bridgehead atoms. The number of nitrogens with two attached hydrogens (primary N) is 1. The fourth-order valence-corrected chi connectivity index (χ4v) is 3.38. The molecule has 0 aliphatic carbocycles. The van der Waals surface area contributed by atoms with Crippen molar-refractivity contribution in [3.8, 4) is 22.8 Å². The summed E-state index contributed by atoms with van der Waals surface area (Å²) in [6, 6.07) is 15.4. The highest BCUT2D eigenvalue weighted by molar-refractivity contribution is 7.99. The van der Waals surface area contributed by atoms with Gasteiger partial charge < -0.3 is 11.2 Å². The van der Waals surface area contributed by atoms with Crippen LogP contribution in [0.4, 0.5) is 10.1 Å². The standard InChI is InChI=1S/C20H18FN7OS/c1-12-2-4-13(5-3-12)16-10-17(25-24-16)19-26-27-20(28(19)22)30-11-18(29)23-15-8-6-14(21)7-9-15/h2-10H,11,22H2,1H3,(H,23,29)(H,24,25). The molecule has 0 spiro atoms. The third-order valence-corrected chi connectivity index (χ3v) is 5.23. The Morgan fingerprint density at radius 2 is 1.90 bits per heavy atom. The lowest BCUT2D eigenvalue weighted by Gasteiger charge is -2.05. The quantitative estimate of drug-likeness (QED) is 0.324. The van der Waals surface area contributed by atoms with Gasteiger partial charge in [-0.05, 0) is 37.3 Å². The SMILES string of the molecule is Cc1ccc(-c2cc(-c3nnc(SCC(=O)Nc4ccc(F)cc4)n3N)[nH]n2)cc1. The average Bonchev–Trinajstić information content (AvgIpc) is 3.35. The number of rotatable bonds is 6. The summed E-state index contributed by atoms with van der Waals surface area (Å²) < 4.78 is 14.2. The van der Waals surface area contributed by atoms with Gasteiger partial charge in [-0.2, -0.15) is 5.10 Å². The molecular weight excluding hydrogens is 405 g/mol. The molecule has 2 heterocycles. The van der Waals surface area contributed by atoms with Gasteiger partial charge in [-0.1, -0.05) is 41.6 Å². The molecule has 4 rings (SSSR count).